The van der Waals surface area contributed by atoms with Gasteiger partial charge in [-0.15, -0.1) is 0 Å². The van der Waals surface area contributed by atoms with Crippen molar-refractivity contribution in [3.05, 3.63) is 51.2 Å². The van der Waals surface area contributed by atoms with E-state index >= 15 is 0 Å². The molecule has 2 N–H and O–H groups in total. The van der Waals surface area contributed by atoms with Gasteiger partial charge in [0.15, 0.2) is 0 Å². The standard InChI is InChI=1S/C20H25N3O6S/c1-4-29-20(25)18-15(11-30-9-8-21)22-12(2)16(19(24)28-3)17(18)13-6-5-7-14(10-13)23(26)27/h5-7,10,16-17H,4,8-9,11,21H2,1-3H3. The number of nitro groups is 1. The fourth-order valence-electron chi connectivity index (χ4n) is 3.37. The normalized spacial score (nSPS) is 18.6. The number of esters is 2. The van der Waals surface area contributed by atoms with Gasteiger partial charge in [0.05, 0.1) is 29.9 Å². The summed E-state index contributed by atoms with van der Waals surface area (Å²) in [6, 6.07) is 5.89. The van der Waals surface area contributed by atoms with E-state index in [0.29, 0.717) is 35.0 Å². The molecule has 0 fully saturated rings. The van der Waals surface area contributed by atoms with E-state index in [9.17, 15) is 19.7 Å². The van der Waals surface area contributed by atoms with Crippen molar-refractivity contribution < 1.29 is 24.0 Å². The van der Waals surface area contributed by atoms with E-state index in [2.05, 4.69) is 4.99 Å². The molecule has 2 unspecified atom stereocenters. The van der Waals surface area contributed by atoms with Crippen LogP contribution < -0.4 is 5.73 Å². The first-order chi connectivity index (χ1) is 14.3. The summed E-state index contributed by atoms with van der Waals surface area (Å²) >= 11 is 1.50. The Morgan fingerprint density at radius 2 is 2.10 bits per heavy atom. The molecule has 30 heavy (non-hydrogen) atoms. The van der Waals surface area contributed by atoms with E-state index in [-0.39, 0.29) is 17.9 Å². The maximum atomic E-state index is 12.9. The predicted octanol–water partition coefficient (Wildman–Crippen LogP) is 2.45. The highest BCUT2D eigenvalue weighted by Gasteiger charge is 2.43. The summed E-state index contributed by atoms with van der Waals surface area (Å²) in [6.07, 6.45) is 0. The monoisotopic (exact) mass is 435 g/mol. The van der Waals surface area contributed by atoms with Crippen molar-refractivity contribution in [1.82, 2.24) is 0 Å². The van der Waals surface area contributed by atoms with Crippen LogP contribution in [-0.4, -0.2) is 54.3 Å². The highest BCUT2D eigenvalue weighted by Crippen LogP contribution is 2.41. The molecule has 0 saturated heterocycles. The van der Waals surface area contributed by atoms with Gasteiger partial charge in [0.2, 0.25) is 0 Å². The molecule has 1 heterocycles. The quantitative estimate of drug-likeness (QED) is 0.270. The number of rotatable bonds is 9. The van der Waals surface area contributed by atoms with Crippen LogP contribution in [0.3, 0.4) is 0 Å². The molecule has 1 aliphatic heterocycles. The summed E-state index contributed by atoms with van der Waals surface area (Å²) in [7, 11) is 1.25. The van der Waals surface area contributed by atoms with Gasteiger partial charge >= 0.3 is 11.9 Å². The summed E-state index contributed by atoms with van der Waals surface area (Å²) in [5.74, 6) is -1.86. The smallest absolute Gasteiger partial charge is 0.336 e. The van der Waals surface area contributed by atoms with Gasteiger partial charge in [0, 0.05) is 41.8 Å². The number of hydrogen-bond donors (Lipinski definition) is 1. The Bertz CT molecular complexity index is 883. The average molecular weight is 436 g/mol. The van der Waals surface area contributed by atoms with Gasteiger partial charge in [-0.3, -0.25) is 19.9 Å². The molecule has 0 spiro atoms. The minimum Gasteiger partial charge on any atom is -0.468 e. The zero-order chi connectivity index (χ0) is 22.3. The molecule has 0 radical (unpaired) electrons. The molecule has 1 aliphatic rings. The number of benzene rings is 1. The molecule has 1 aromatic carbocycles. The number of ether oxygens (including phenoxy) is 2. The zero-order valence-corrected chi connectivity index (χ0v) is 17.9. The van der Waals surface area contributed by atoms with Crippen LogP contribution in [0.25, 0.3) is 0 Å². The van der Waals surface area contributed by atoms with Gasteiger partial charge in [0.1, 0.15) is 5.92 Å². The molecule has 2 atom stereocenters. The van der Waals surface area contributed by atoms with Crippen molar-refractivity contribution in [2.45, 2.75) is 19.8 Å². The molecule has 9 nitrogen and oxygen atoms in total. The highest BCUT2D eigenvalue weighted by molar-refractivity contribution is 7.99. The number of non-ortho nitro benzene ring substituents is 1. The van der Waals surface area contributed by atoms with Crippen molar-refractivity contribution >= 4 is 35.1 Å². The summed E-state index contributed by atoms with van der Waals surface area (Å²) in [6.45, 7) is 3.97. The van der Waals surface area contributed by atoms with E-state index < -0.39 is 28.7 Å². The number of nitro benzene ring substituents is 1. The first kappa shape index (κ1) is 23.6. The summed E-state index contributed by atoms with van der Waals surface area (Å²) in [4.78, 5) is 40.9. The fourth-order valence-corrected chi connectivity index (χ4v) is 4.09. The van der Waals surface area contributed by atoms with Crippen LogP contribution in [0.5, 0.6) is 0 Å². The van der Waals surface area contributed by atoms with Crippen LogP contribution in [0.4, 0.5) is 5.69 Å². The molecule has 0 aromatic heterocycles. The minimum atomic E-state index is -0.903. The Hall–Kier alpha value is -2.72. The number of nitrogens with zero attached hydrogens (tertiary/aromatic N) is 2. The lowest BCUT2D eigenvalue weighted by Gasteiger charge is -2.31. The lowest BCUT2D eigenvalue weighted by molar-refractivity contribution is -0.384. The molecule has 2 rings (SSSR count). The number of hydrogen-bond acceptors (Lipinski definition) is 9. The maximum Gasteiger partial charge on any atom is 0.336 e. The van der Waals surface area contributed by atoms with Crippen LogP contribution in [0.15, 0.2) is 40.5 Å². The van der Waals surface area contributed by atoms with Crippen LogP contribution >= 0.6 is 11.8 Å². The van der Waals surface area contributed by atoms with Crippen molar-refractivity contribution in [2.24, 2.45) is 16.6 Å². The van der Waals surface area contributed by atoms with Crippen LogP contribution in [0, 0.1) is 16.0 Å². The van der Waals surface area contributed by atoms with Crippen molar-refractivity contribution in [1.29, 1.82) is 0 Å². The van der Waals surface area contributed by atoms with Gasteiger partial charge in [-0.25, -0.2) is 4.79 Å². The van der Waals surface area contributed by atoms with Gasteiger partial charge < -0.3 is 15.2 Å². The Labute approximate surface area is 178 Å². The van der Waals surface area contributed by atoms with Crippen LogP contribution in [0.2, 0.25) is 0 Å². The molecule has 162 valence electrons. The molecular weight excluding hydrogens is 410 g/mol. The van der Waals surface area contributed by atoms with E-state index in [0.717, 1.165) is 0 Å². The van der Waals surface area contributed by atoms with E-state index in [1.807, 2.05) is 0 Å². The number of carbonyl (C=O) groups is 2. The Kier molecular flexibility index (Phi) is 8.55. The van der Waals surface area contributed by atoms with Crippen molar-refractivity contribution in [3.8, 4) is 0 Å². The third-order valence-corrected chi connectivity index (χ3v) is 5.61. The SMILES string of the molecule is CCOC(=O)C1=C(CSCCN)N=C(C)C(C(=O)OC)C1c1cccc([N+](=O)[O-])c1. The first-order valence-electron chi connectivity index (χ1n) is 9.41. The maximum absolute atomic E-state index is 12.9. The summed E-state index contributed by atoms with van der Waals surface area (Å²) in [5, 5.41) is 11.3. The molecule has 10 heteroatoms. The van der Waals surface area contributed by atoms with Gasteiger partial charge in [0.25, 0.3) is 5.69 Å². The second-order valence-corrected chi connectivity index (χ2v) is 7.61. The molecule has 0 bridgehead atoms. The lowest BCUT2D eigenvalue weighted by Crippen LogP contribution is -2.36. The van der Waals surface area contributed by atoms with E-state index in [1.54, 1.807) is 19.9 Å². The van der Waals surface area contributed by atoms with Crippen LogP contribution in [-0.2, 0) is 19.1 Å². The topological polar surface area (TPSA) is 134 Å². The molecule has 1 aromatic rings. The van der Waals surface area contributed by atoms with Crippen molar-refractivity contribution in [3.63, 3.8) is 0 Å². The third kappa shape index (κ3) is 5.25. The zero-order valence-electron chi connectivity index (χ0n) is 17.1. The number of methoxy groups -OCH3 is 1. The summed E-state index contributed by atoms with van der Waals surface area (Å²) < 4.78 is 10.2. The number of nitrogens with two attached hydrogens (primary N) is 1. The Morgan fingerprint density at radius 3 is 2.70 bits per heavy atom. The first-order valence-corrected chi connectivity index (χ1v) is 10.6. The van der Waals surface area contributed by atoms with Gasteiger partial charge in [-0.1, -0.05) is 12.1 Å². The van der Waals surface area contributed by atoms with Crippen LogP contribution in [0.1, 0.15) is 25.3 Å². The Balaban J connectivity index is 2.70. The second kappa shape index (κ2) is 10.9. The Morgan fingerprint density at radius 1 is 1.37 bits per heavy atom. The lowest BCUT2D eigenvalue weighted by atomic mass is 9.75. The number of carbonyl (C=O) groups excluding carboxylic acids is 2. The molecular formula is C20H25N3O6S. The average Bonchev–Trinajstić information content (AvgIpc) is 2.73. The molecule has 0 saturated carbocycles. The molecule has 0 aliphatic carbocycles. The predicted molar refractivity (Wildman–Crippen MR) is 114 cm³/mol. The molecule has 0 amide bonds. The third-order valence-electron chi connectivity index (χ3n) is 4.61. The minimum absolute atomic E-state index is 0.138. The number of thioether (sulfide) groups is 1. The largest absolute Gasteiger partial charge is 0.468 e. The van der Waals surface area contributed by atoms with Gasteiger partial charge in [-0.05, 0) is 19.4 Å². The highest BCUT2D eigenvalue weighted by atomic mass is 32.2. The second-order valence-electron chi connectivity index (χ2n) is 6.51. The summed E-state index contributed by atoms with van der Waals surface area (Å²) in [5.41, 5.74) is 7.02. The van der Waals surface area contributed by atoms with E-state index in [1.165, 1.54) is 37.1 Å². The van der Waals surface area contributed by atoms with Gasteiger partial charge in [-0.2, -0.15) is 11.8 Å². The van der Waals surface area contributed by atoms with E-state index in [4.69, 9.17) is 15.2 Å². The van der Waals surface area contributed by atoms with Crippen molar-refractivity contribution in [2.75, 3.05) is 31.8 Å². The fraction of sp³-hybridized carbons (Fsp3) is 0.450. The number of aliphatic imine (C=N–C) groups is 1.